The van der Waals surface area contributed by atoms with Crippen LogP contribution in [0.3, 0.4) is 0 Å². The Morgan fingerprint density at radius 2 is 1.05 bits per heavy atom. The molecule has 0 aliphatic rings. The molecule has 3 aromatic rings. The molecule has 3 rings (SSSR count). The van der Waals surface area contributed by atoms with Crippen LogP contribution in [0.4, 0.5) is 11.4 Å². The van der Waals surface area contributed by atoms with Crippen molar-refractivity contribution in [3.63, 3.8) is 0 Å². The monoisotopic (exact) mass is 285 g/mol. The summed E-state index contributed by atoms with van der Waals surface area (Å²) in [6.07, 6.45) is 5.28. The Kier molecular flexibility index (Phi) is 4.68. The smallest absolute Gasteiger partial charge is 0.0455 e. The highest BCUT2D eigenvalue weighted by Gasteiger charge is 2.04. The molecule has 0 atom stereocenters. The second kappa shape index (κ2) is 7.28. The van der Waals surface area contributed by atoms with Gasteiger partial charge in [0.2, 0.25) is 0 Å². The lowest BCUT2D eigenvalue weighted by atomic mass is 10.1. The number of para-hydroxylation sites is 2. The Morgan fingerprint density at radius 3 is 1.55 bits per heavy atom. The normalized spacial score (nSPS) is 10.7. The Balaban J connectivity index is 1.83. The number of anilines is 2. The quantitative estimate of drug-likeness (QED) is 0.591. The van der Waals surface area contributed by atoms with Crippen molar-refractivity contribution in [1.82, 2.24) is 0 Å². The molecule has 1 nitrogen and oxygen atoms in total. The summed E-state index contributed by atoms with van der Waals surface area (Å²) in [5.41, 5.74) is 3.65. The molecular formula is C21H19N. The highest BCUT2D eigenvalue weighted by molar-refractivity contribution is 5.65. The molecule has 0 bridgehead atoms. The van der Waals surface area contributed by atoms with E-state index in [0.29, 0.717) is 0 Å². The van der Waals surface area contributed by atoms with Crippen LogP contribution in [-0.4, -0.2) is 0 Å². The van der Waals surface area contributed by atoms with Gasteiger partial charge in [-0.15, -0.1) is 0 Å². The van der Waals surface area contributed by atoms with Crippen molar-refractivity contribution >= 4 is 11.4 Å². The van der Waals surface area contributed by atoms with Crippen molar-refractivity contribution in [2.45, 2.75) is 6.42 Å². The van der Waals surface area contributed by atoms with Crippen LogP contribution in [0.25, 0.3) is 0 Å². The van der Waals surface area contributed by atoms with Crippen molar-refractivity contribution in [2.75, 3.05) is 4.90 Å². The average molecular weight is 285 g/mol. The fraction of sp³-hybridized carbons (Fsp3) is 0.0476. The fourth-order valence-corrected chi connectivity index (χ4v) is 2.41. The Bertz CT molecular complexity index is 663. The van der Waals surface area contributed by atoms with Crippen molar-refractivity contribution in [3.05, 3.63) is 109 Å². The van der Waals surface area contributed by atoms with Gasteiger partial charge in [0.25, 0.3) is 0 Å². The minimum absolute atomic E-state index is 0.928. The summed E-state index contributed by atoms with van der Waals surface area (Å²) >= 11 is 0. The number of benzene rings is 3. The van der Waals surface area contributed by atoms with Crippen molar-refractivity contribution < 1.29 is 0 Å². The first-order valence-corrected chi connectivity index (χ1v) is 7.53. The van der Waals surface area contributed by atoms with E-state index in [2.05, 4.69) is 90.0 Å². The summed E-state index contributed by atoms with van der Waals surface area (Å²) in [4.78, 5) is 2.21. The van der Waals surface area contributed by atoms with Crippen LogP contribution in [0.1, 0.15) is 5.56 Å². The van der Waals surface area contributed by atoms with E-state index in [-0.39, 0.29) is 0 Å². The predicted molar refractivity (Wildman–Crippen MR) is 94.3 cm³/mol. The van der Waals surface area contributed by atoms with Crippen LogP contribution >= 0.6 is 0 Å². The van der Waals surface area contributed by atoms with Crippen LogP contribution < -0.4 is 4.90 Å². The average Bonchev–Trinajstić information content (AvgIpc) is 2.61. The van der Waals surface area contributed by atoms with E-state index in [1.807, 2.05) is 18.2 Å². The zero-order chi connectivity index (χ0) is 15.0. The molecule has 0 spiro atoms. The second-order valence-electron chi connectivity index (χ2n) is 5.12. The lowest BCUT2D eigenvalue weighted by molar-refractivity contribution is 1.21. The number of hydrogen-bond donors (Lipinski definition) is 0. The molecule has 0 fully saturated rings. The van der Waals surface area contributed by atoms with Crippen LogP contribution in [0, 0.1) is 0 Å². The maximum Gasteiger partial charge on any atom is 0.0455 e. The van der Waals surface area contributed by atoms with Crippen molar-refractivity contribution in [1.29, 1.82) is 0 Å². The lowest BCUT2D eigenvalue weighted by Gasteiger charge is -2.20. The third-order valence-corrected chi connectivity index (χ3v) is 3.52. The molecule has 1 heteroatoms. The van der Waals surface area contributed by atoms with Gasteiger partial charge in [0.15, 0.2) is 0 Å². The van der Waals surface area contributed by atoms with Gasteiger partial charge in [0.05, 0.1) is 0 Å². The molecule has 108 valence electrons. The van der Waals surface area contributed by atoms with Gasteiger partial charge in [0, 0.05) is 17.6 Å². The van der Waals surface area contributed by atoms with E-state index in [1.165, 1.54) is 5.56 Å². The van der Waals surface area contributed by atoms with E-state index in [1.54, 1.807) is 0 Å². The van der Waals surface area contributed by atoms with Gasteiger partial charge < -0.3 is 4.90 Å². The summed E-state index contributed by atoms with van der Waals surface area (Å²) in [5.74, 6) is 0. The van der Waals surface area contributed by atoms with Crippen LogP contribution in [0.15, 0.2) is 103 Å². The molecule has 0 radical (unpaired) electrons. The first kappa shape index (κ1) is 14.2. The summed E-state index contributed by atoms with van der Waals surface area (Å²) in [6.45, 7) is 0. The Hall–Kier alpha value is -2.80. The molecular weight excluding hydrogens is 266 g/mol. The number of rotatable bonds is 5. The summed E-state index contributed by atoms with van der Waals surface area (Å²) in [7, 11) is 0. The predicted octanol–water partition coefficient (Wildman–Crippen LogP) is 5.58. The third kappa shape index (κ3) is 3.64. The maximum absolute atomic E-state index is 2.21. The molecule has 0 aliphatic carbocycles. The topological polar surface area (TPSA) is 3.24 Å². The Morgan fingerprint density at radius 1 is 0.591 bits per heavy atom. The van der Waals surface area contributed by atoms with Crippen molar-refractivity contribution in [3.8, 4) is 0 Å². The molecule has 3 aromatic carbocycles. The summed E-state index contributed by atoms with van der Waals surface area (Å²) < 4.78 is 0. The number of allylic oxidation sites excluding steroid dienone is 1. The van der Waals surface area contributed by atoms with Crippen molar-refractivity contribution in [2.24, 2.45) is 0 Å². The molecule has 0 amide bonds. The summed E-state index contributed by atoms with van der Waals surface area (Å²) in [5, 5.41) is 0. The number of hydrogen-bond acceptors (Lipinski definition) is 1. The molecule has 0 saturated carbocycles. The minimum atomic E-state index is 0.928. The summed E-state index contributed by atoms with van der Waals surface area (Å²) in [6, 6.07) is 31.4. The third-order valence-electron chi connectivity index (χ3n) is 3.52. The van der Waals surface area contributed by atoms with Gasteiger partial charge in [-0.3, -0.25) is 0 Å². The molecule has 0 unspecified atom stereocenters. The van der Waals surface area contributed by atoms with E-state index >= 15 is 0 Å². The standard InChI is InChI=1S/C21H19N/c1-4-11-19(12-5-1)13-10-18-22(20-14-6-2-7-15-20)21-16-8-3-9-17-21/h1-12,14-18H,13H2. The van der Waals surface area contributed by atoms with E-state index < -0.39 is 0 Å². The van der Waals surface area contributed by atoms with Gasteiger partial charge in [-0.05, 0) is 36.2 Å². The fourth-order valence-electron chi connectivity index (χ4n) is 2.41. The van der Waals surface area contributed by atoms with Gasteiger partial charge in [0.1, 0.15) is 0 Å². The molecule has 0 N–H and O–H groups in total. The maximum atomic E-state index is 2.21. The second-order valence-corrected chi connectivity index (χ2v) is 5.12. The van der Waals surface area contributed by atoms with Gasteiger partial charge >= 0.3 is 0 Å². The number of nitrogens with zero attached hydrogens (tertiary/aromatic N) is 1. The SMILES string of the molecule is C(=CN(c1ccccc1)c1ccccc1)Cc1ccccc1. The highest BCUT2D eigenvalue weighted by atomic mass is 15.1. The van der Waals surface area contributed by atoms with Crippen LogP contribution in [0.2, 0.25) is 0 Å². The minimum Gasteiger partial charge on any atom is -0.318 e. The molecule has 22 heavy (non-hydrogen) atoms. The van der Waals surface area contributed by atoms with E-state index in [0.717, 1.165) is 17.8 Å². The Labute approximate surface area is 132 Å². The largest absolute Gasteiger partial charge is 0.318 e. The zero-order valence-electron chi connectivity index (χ0n) is 12.5. The molecule has 0 aliphatic heterocycles. The lowest BCUT2D eigenvalue weighted by Crippen LogP contribution is -2.08. The first-order chi connectivity index (χ1) is 10.9. The van der Waals surface area contributed by atoms with Crippen LogP contribution in [-0.2, 0) is 6.42 Å². The first-order valence-electron chi connectivity index (χ1n) is 7.53. The van der Waals surface area contributed by atoms with E-state index in [4.69, 9.17) is 0 Å². The van der Waals surface area contributed by atoms with Gasteiger partial charge in [-0.25, -0.2) is 0 Å². The van der Waals surface area contributed by atoms with E-state index in [9.17, 15) is 0 Å². The zero-order valence-corrected chi connectivity index (χ0v) is 12.5. The van der Waals surface area contributed by atoms with Gasteiger partial charge in [-0.2, -0.15) is 0 Å². The molecule has 0 heterocycles. The van der Waals surface area contributed by atoms with Gasteiger partial charge in [-0.1, -0.05) is 72.8 Å². The highest BCUT2D eigenvalue weighted by Crippen LogP contribution is 2.25. The molecule has 0 saturated heterocycles. The molecule has 0 aromatic heterocycles. The van der Waals surface area contributed by atoms with Crippen LogP contribution in [0.5, 0.6) is 0 Å².